The molecule has 0 aliphatic rings. The van der Waals surface area contributed by atoms with Crippen molar-refractivity contribution in [1.29, 1.82) is 0 Å². The summed E-state index contributed by atoms with van der Waals surface area (Å²) >= 11 is 1.74. The van der Waals surface area contributed by atoms with Crippen LogP contribution in [0.1, 0.15) is 40.8 Å². The Hall–Kier alpha value is -1.19. The lowest BCUT2D eigenvalue weighted by Crippen LogP contribution is -1.94. The van der Waals surface area contributed by atoms with Crippen molar-refractivity contribution in [1.82, 2.24) is 4.98 Å². The molecule has 0 bridgehead atoms. The largest absolute Gasteiger partial charge is 0.325 e. The van der Waals surface area contributed by atoms with E-state index in [0.29, 0.717) is 12.5 Å². The molecule has 0 saturated heterocycles. The van der Waals surface area contributed by atoms with Crippen LogP contribution in [0.4, 0.5) is 0 Å². The van der Waals surface area contributed by atoms with Crippen LogP contribution in [0.15, 0.2) is 18.2 Å². The van der Waals surface area contributed by atoms with Gasteiger partial charge in [0.15, 0.2) is 0 Å². The Labute approximate surface area is 113 Å². The van der Waals surface area contributed by atoms with Crippen LogP contribution in [0.2, 0.25) is 0 Å². The minimum Gasteiger partial charge on any atom is -0.325 e. The Bertz CT molecular complexity index is 556. The smallest absolute Gasteiger partial charge is 0.107 e. The van der Waals surface area contributed by atoms with Gasteiger partial charge >= 0.3 is 0 Å². The fourth-order valence-electron chi connectivity index (χ4n) is 1.95. The average Bonchev–Trinajstić information content (AvgIpc) is 2.77. The second-order valence-corrected chi connectivity index (χ2v) is 6.09. The highest BCUT2D eigenvalue weighted by Crippen LogP contribution is 2.34. The van der Waals surface area contributed by atoms with Crippen molar-refractivity contribution >= 4 is 11.3 Å². The normalized spacial score (nSPS) is 11.2. The predicted octanol–water partition coefficient (Wildman–Crippen LogP) is 4.01. The van der Waals surface area contributed by atoms with Gasteiger partial charge in [0, 0.05) is 17.0 Å². The van der Waals surface area contributed by atoms with Gasteiger partial charge in [-0.3, -0.25) is 0 Å². The molecule has 2 aromatic rings. The summed E-state index contributed by atoms with van der Waals surface area (Å²) in [6, 6.07) is 6.54. The van der Waals surface area contributed by atoms with E-state index in [9.17, 15) is 0 Å². The number of hydrogen-bond donors (Lipinski definition) is 1. The molecule has 0 radical (unpaired) electrons. The third kappa shape index (κ3) is 2.47. The lowest BCUT2D eigenvalue weighted by molar-refractivity contribution is 0.887. The Morgan fingerprint density at radius 3 is 2.50 bits per heavy atom. The summed E-state index contributed by atoms with van der Waals surface area (Å²) in [5.41, 5.74) is 10.7. The maximum absolute atomic E-state index is 5.71. The standard InChI is InChI=1S/C15H20N2S/c1-9(2)15-14(17-13(8-16)18-15)12-6-5-10(3)11(4)7-12/h5-7,9H,8,16H2,1-4H3. The number of rotatable bonds is 3. The zero-order valence-electron chi connectivity index (χ0n) is 11.4. The lowest BCUT2D eigenvalue weighted by atomic mass is 10.0. The maximum Gasteiger partial charge on any atom is 0.107 e. The third-order valence-electron chi connectivity index (χ3n) is 3.18. The molecule has 1 aromatic heterocycles. The van der Waals surface area contributed by atoms with Gasteiger partial charge in [-0.1, -0.05) is 26.0 Å². The predicted molar refractivity (Wildman–Crippen MR) is 79.0 cm³/mol. The van der Waals surface area contributed by atoms with Crippen molar-refractivity contribution in [2.24, 2.45) is 5.73 Å². The molecule has 2 nitrogen and oxygen atoms in total. The molecule has 0 amide bonds. The molecule has 2 rings (SSSR count). The van der Waals surface area contributed by atoms with E-state index in [1.165, 1.54) is 21.6 Å². The fraction of sp³-hybridized carbons (Fsp3) is 0.400. The highest BCUT2D eigenvalue weighted by Gasteiger charge is 2.15. The summed E-state index contributed by atoms with van der Waals surface area (Å²) in [5.74, 6) is 0.486. The molecule has 0 spiro atoms. The van der Waals surface area contributed by atoms with Gasteiger partial charge in [-0.15, -0.1) is 11.3 Å². The van der Waals surface area contributed by atoms with Gasteiger partial charge in [-0.05, 0) is 37.0 Å². The van der Waals surface area contributed by atoms with Crippen molar-refractivity contribution in [2.75, 3.05) is 0 Å². The molecule has 3 heteroatoms. The summed E-state index contributed by atoms with van der Waals surface area (Å²) in [6.07, 6.45) is 0. The zero-order chi connectivity index (χ0) is 13.3. The maximum atomic E-state index is 5.71. The fourth-order valence-corrected chi connectivity index (χ4v) is 2.92. The molecular formula is C15H20N2S. The molecule has 0 saturated carbocycles. The quantitative estimate of drug-likeness (QED) is 0.905. The lowest BCUT2D eigenvalue weighted by Gasteiger charge is -2.07. The molecule has 1 aromatic carbocycles. The first-order chi connectivity index (χ1) is 8.52. The highest BCUT2D eigenvalue weighted by atomic mass is 32.1. The number of aryl methyl sites for hydroxylation is 2. The van der Waals surface area contributed by atoms with Crippen molar-refractivity contribution in [3.63, 3.8) is 0 Å². The van der Waals surface area contributed by atoms with Crippen molar-refractivity contribution in [3.05, 3.63) is 39.2 Å². The number of aromatic nitrogens is 1. The van der Waals surface area contributed by atoms with Crippen LogP contribution in [0.3, 0.4) is 0 Å². The van der Waals surface area contributed by atoms with Gasteiger partial charge in [0.2, 0.25) is 0 Å². The molecule has 0 unspecified atom stereocenters. The average molecular weight is 260 g/mol. The topological polar surface area (TPSA) is 38.9 Å². The summed E-state index contributed by atoms with van der Waals surface area (Å²) in [4.78, 5) is 6.02. The second-order valence-electron chi connectivity index (χ2n) is 4.98. The van der Waals surface area contributed by atoms with Crippen molar-refractivity contribution in [3.8, 4) is 11.3 Å². The number of hydrogen-bond acceptors (Lipinski definition) is 3. The molecular weight excluding hydrogens is 240 g/mol. The summed E-state index contributed by atoms with van der Waals surface area (Å²) in [7, 11) is 0. The van der Waals surface area contributed by atoms with Crippen molar-refractivity contribution in [2.45, 2.75) is 40.2 Å². The first kappa shape index (κ1) is 13.2. The molecule has 0 aliphatic heterocycles. The van der Waals surface area contributed by atoms with E-state index in [0.717, 1.165) is 10.7 Å². The van der Waals surface area contributed by atoms with Gasteiger partial charge in [-0.25, -0.2) is 4.98 Å². The highest BCUT2D eigenvalue weighted by molar-refractivity contribution is 7.12. The Morgan fingerprint density at radius 2 is 1.94 bits per heavy atom. The van der Waals surface area contributed by atoms with E-state index in [4.69, 9.17) is 5.73 Å². The Kier molecular flexibility index (Phi) is 3.83. The number of benzene rings is 1. The SMILES string of the molecule is Cc1ccc(-c2nc(CN)sc2C(C)C)cc1C. The molecule has 0 atom stereocenters. The monoisotopic (exact) mass is 260 g/mol. The zero-order valence-corrected chi connectivity index (χ0v) is 12.3. The number of nitrogens with two attached hydrogens (primary N) is 1. The van der Waals surface area contributed by atoms with E-state index in [2.05, 4.69) is 50.9 Å². The van der Waals surface area contributed by atoms with E-state index < -0.39 is 0 Å². The van der Waals surface area contributed by atoms with Crippen LogP contribution in [0, 0.1) is 13.8 Å². The Balaban J connectivity index is 2.54. The van der Waals surface area contributed by atoms with Gasteiger partial charge in [0.1, 0.15) is 5.01 Å². The van der Waals surface area contributed by atoms with E-state index in [-0.39, 0.29) is 0 Å². The minimum absolute atomic E-state index is 0.486. The van der Waals surface area contributed by atoms with E-state index in [1.54, 1.807) is 11.3 Å². The first-order valence-corrected chi connectivity index (χ1v) is 7.12. The number of nitrogens with zero attached hydrogens (tertiary/aromatic N) is 1. The van der Waals surface area contributed by atoms with Crippen molar-refractivity contribution < 1.29 is 0 Å². The first-order valence-electron chi connectivity index (χ1n) is 6.30. The minimum atomic E-state index is 0.486. The van der Waals surface area contributed by atoms with E-state index in [1.807, 2.05) is 0 Å². The van der Waals surface area contributed by atoms with Crippen LogP contribution >= 0.6 is 11.3 Å². The van der Waals surface area contributed by atoms with E-state index >= 15 is 0 Å². The Morgan fingerprint density at radius 1 is 1.22 bits per heavy atom. The molecule has 18 heavy (non-hydrogen) atoms. The summed E-state index contributed by atoms with van der Waals surface area (Å²) in [6.45, 7) is 9.21. The van der Waals surface area contributed by atoms with Crippen LogP contribution in [-0.2, 0) is 6.54 Å². The van der Waals surface area contributed by atoms with Crippen LogP contribution in [0.25, 0.3) is 11.3 Å². The number of thiazole rings is 1. The van der Waals surface area contributed by atoms with Gasteiger partial charge < -0.3 is 5.73 Å². The van der Waals surface area contributed by atoms with Gasteiger partial charge in [-0.2, -0.15) is 0 Å². The molecule has 1 heterocycles. The molecule has 0 fully saturated rings. The third-order valence-corrected chi connectivity index (χ3v) is 4.56. The summed E-state index contributed by atoms with van der Waals surface area (Å²) in [5, 5.41) is 1.02. The van der Waals surface area contributed by atoms with Gasteiger partial charge in [0.05, 0.1) is 5.69 Å². The molecule has 96 valence electrons. The van der Waals surface area contributed by atoms with Crippen LogP contribution in [0.5, 0.6) is 0 Å². The second kappa shape index (κ2) is 5.21. The molecule has 0 aliphatic carbocycles. The van der Waals surface area contributed by atoms with Gasteiger partial charge in [0.25, 0.3) is 0 Å². The van der Waals surface area contributed by atoms with Crippen LogP contribution in [-0.4, -0.2) is 4.98 Å². The van der Waals surface area contributed by atoms with Crippen LogP contribution < -0.4 is 5.73 Å². The molecule has 2 N–H and O–H groups in total. The summed E-state index contributed by atoms with van der Waals surface area (Å²) < 4.78 is 0.